The second-order valence-corrected chi connectivity index (χ2v) is 29.7. The van der Waals surface area contributed by atoms with Gasteiger partial charge in [0.2, 0.25) is 0 Å². The molecule has 0 aliphatic carbocycles. The Hall–Kier alpha value is -3.29. The van der Waals surface area contributed by atoms with Crippen LogP contribution in [0.4, 0.5) is 0 Å². The number of Topliss-reactive ketones (excluding diaryl/α,β-unsaturated/α-hetero) is 3. The standard InChI is InChI=1S/2C8H14N2OS.2C8H12N2OS.C7H11ClN2OS.C7H9ClN2OS.C6H10N2OS.C4H6N2S.C2H5Cl.C2H6.CH2BrCl.10CH4/c4*1-4-12-8-9-5-7(6(2)11)10(8)3;2*1-5(11)6-3-9-7(10(6)2)12-4-8;1-4(9)5-3-7-6(10)8(5)2;1-6-3-2-5-4(6)7;1-2-3;1-2;2-1-3;;;;;;;;;;/h2*5-6,11H,4H2,1-3H3;2*5H,4H2,1-3H3;3,5,11H,4H2,1-2H3;3H,4H2,1-2H3;3-4,9H,1-2H3,(H,7,10);2-3H,1H3,(H,5,7);2H2,1H3;1-2H3;1H2;10*1H4. The first-order valence-corrected chi connectivity index (χ1v) is 40.1. The molecule has 0 spiro atoms. The number of nitrogens with one attached hydrogen (secondary N) is 2. The minimum absolute atomic E-state index is 0. The highest BCUT2D eigenvalue weighted by molar-refractivity contribution is 9.09. The number of hydrogen-bond acceptors (Lipinski definition) is 21. The number of hydrogen-bond donors (Lipinski definition) is 6. The summed E-state index contributed by atoms with van der Waals surface area (Å²) in [7, 11) is 15.0. The number of carbonyl (C=O) groups excluding carboxylic acids is 3. The number of ketones is 3. The molecule has 0 bridgehead atoms. The number of aryl methyl sites for hydroxylation is 1. The van der Waals surface area contributed by atoms with E-state index in [1.807, 2.05) is 110 Å². The van der Waals surface area contributed by atoms with Gasteiger partial charge in [-0.15, -0.1) is 46.4 Å². The van der Waals surface area contributed by atoms with Crippen LogP contribution in [-0.2, 0) is 56.4 Å². The molecular formula is C71H141BrCl4N16O7S8. The summed E-state index contributed by atoms with van der Waals surface area (Å²) >= 11 is 43.1. The number of halogens is 5. The van der Waals surface area contributed by atoms with Crippen molar-refractivity contribution in [1.82, 2.24) is 76.4 Å². The Labute approximate surface area is 711 Å². The Kier molecular flexibility index (Phi) is 95.3. The lowest BCUT2D eigenvalue weighted by atomic mass is 10.3. The van der Waals surface area contributed by atoms with Gasteiger partial charge < -0.3 is 66.9 Å². The fourth-order valence-electron chi connectivity index (χ4n) is 7.19. The molecule has 0 saturated heterocycles. The van der Waals surface area contributed by atoms with Crippen molar-refractivity contribution in [3.63, 3.8) is 0 Å². The smallest absolute Gasteiger partial charge is 0.177 e. The third kappa shape index (κ3) is 50.4. The second-order valence-electron chi connectivity index (χ2n) is 19.0. The largest absolute Gasteiger partial charge is 0.387 e. The molecule has 36 heteroatoms. The molecular weight excluding hydrogens is 1670 g/mol. The fraction of sp³-hybridized carbons (Fsp3) is 0.620. The minimum atomic E-state index is -0.479. The number of aromatic nitrogens is 16. The van der Waals surface area contributed by atoms with Gasteiger partial charge in [-0.1, -0.05) is 209 Å². The quantitative estimate of drug-likeness (QED) is 0.0190. The van der Waals surface area contributed by atoms with E-state index in [1.165, 1.54) is 30.4 Å². The van der Waals surface area contributed by atoms with E-state index < -0.39 is 24.4 Å². The molecule has 630 valence electrons. The summed E-state index contributed by atoms with van der Waals surface area (Å²) < 4.78 is 16.1. The number of H-pyrrole nitrogens is 2. The van der Waals surface area contributed by atoms with Gasteiger partial charge in [-0.3, -0.25) is 14.4 Å². The lowest BCUT2D eigenvalue weighted by Crippen LogP contribution is -2.02. The van der Waals surface area contributed by atoms with E-state index in [0.717, 1.165) is 87.4 Å². The molecule has 6 N–H and O–H groups in total. The maximum absolute atomic E-state index is 11.0. The lowest BCUT2D eigenvalue weighted by Gasteiger charge is -2.06. The van der Waals surface area contributed by atoms with Crippen LogP contribution >= 0.6 is 157 Å². The van der Waals surface area contributed by atoms with Crippen LogP contribution in [0.3, 0.4) is 0 Å². The Morgan fingerprint density at radius 3 is 0.785 bits per heavy atom. The number of thioether (sulfide) groups is 6. The number of aliphatic hydroxyl groups is 4. The first-order chi connectivity index (χ1) is 45.7. The van der Waals surface area contributed by atoms with E-state index in [9.17, 15) is 29.7 Å². The first-order valence-electron chi connectivity index (χ1n) is 30.1. The van der Waals surface area contributed by atoms with Crippen molar-refractivity contribution in [1.29, 1.82) is 0 Å². The van der Waals surface area contributed by atoms with Crippen LogP contribution in [0.2, 0.25) is 0 Å². The van der Waals surface area contributed by atoms with Crippen molar-refractivity contribution in [2.45, 2.75) is 227 Å². The van der Waals surface area contributed by atoms with E-state index in [0.29, 0.717) is 37.1 Å². The monoisotopic (exact) mass is 1800 g/mol. The van der Waals surface area contributed by atoms with Crippen LogP contribution in [0, 0.1) is 9.54 Å². The van der Waals surface area contributed by atoms with Gasteiger partial charge in [-0.2, -0.15) is 0 Å². The van der Waals surface area contributed by atoms with Crippen LogP contribution < -0.4 is 0 Å². The maximum Gasteiger partial charge on any atom is 0.177 e. The van der Waals surface area contributed by atoms with E-state index in [1.54, 1.807) is 148 Å². The number of carbonyl (C=O) groups is 3. The van der Waals surface area contributed by atoms with Gasteiger partial charge in [0.15, 0.2) is 57.8 Å². The van der Waals surface area contributed by atoms with Gasteiger partial charge in [0.05, 0.1) is 99.6 Å². The molecule has 4 atom stereocenters. The molecule has 0 aliphatic rings. The van der Waals surface area contributed by atoms with Crippen LogP contribution in [0.1, 0.15) is 250 Å². The average Bonchev–Trinajstić information content (AvgIpc) is 1.77. The van der Waals surface area contributed by atoms with Gasteiger partial charge in [0, 0.05) is 102 Å². The van der Waals surface area contributed by atoms with Crippen molar-refractivity contribution in [2.75, 3.05) is 44.1 Å². The molecule has 107 heavy (non-hydrogen) atoms. The number of rotatable bonds is 19. The predicted molar refractivity (Wildman–Crippen MR) is 486 cm³/mol. The first kappa shape index (κ1) is 133. The zero-order valence-electron chi connectivity index (χ0n) is 59.6. The zero-order chi connectivity index (χ0) is 75.2. The molecule has 0 radical (unpaired) electrons. The molecule has 0 aromatic carbocycles. The Bertz CT molecular complexity index is 3270. The van der Waals surface area contributed by atoms with Gasteiger partial charge in [0.1, 0.15) is 17.1 Å². The summed E-state index contributed by atoms with van der Waals surface area (Å²) in [5.74, 6) is 4.82. The van der Waals surface area contributed by atoms with Crippen molar-refractivity contribution < 1.29 is 34.8 Å². The molecule has 23 nitrogen and oxygen atoms in total. The highest BCUT2D eigenvalue weighted by atomic mass is 79.9. The SMILES string of the molecule is C.C.C.C.C.C.C.C.C.C.CC.CC(=O)c1cnc(SCCl)n1C.CC(O)c1c[nH]c(=S)n1C.CC(O)c1cnc(SCCl)n1C.CCCl.CCSc1ncc(C(C)=O)n1C.CCSc1ncc(C(C)=O)n1C.CCSc1ncc(C(C)O)n1C.CCSc1ncc(C(C)O)n1C.ClCBr.Cn1cc[nH]c1=S. The topological polar surface area (TPSA) is 280 Å². The highest BCUT2D eigenvalue weighted by Gasteiger charge is 2.15. The van der Waals surface area contributed by atoms with Gasteiger partial charge in [0.25, 0.3) is 0 Å². The van der Waals surface area contributed by atoms with E-state index in [-0.39, 0.29) is 91.6 Å². The van der Waals surface area contributed by atoms with Crippen molar-refractivity contribution in [3.8, 4) is 0 Å². The van der Waals surface area contributed by atoms with Crippen LogP contribution in [0.25, 0.3) is 0 Å². The number of aliphatic hydroxyl groups excluding tert-OH is 4. The molecule has 8 aromatic heterocycles. The molecule has 8 heterocycles. The second kappa shape index (κ2) is 76.7. The molecule has 8 aromatic rings. The number of imidazole rings is 8. The molecule has 0 saturated carbocycles. The lowest BCUT2D eigenvalue weighted by molar-refractivity contribution is 0.0996. The predicted octanol–water partition coefficient (Wildman–Crippen LogP) is 22.7. The summed E-state index contributed by atoms with van der Waals surface area (Å²) in [6.07, 6.45) is 13.5. The van der Waals surface area contributed by atoms with E-state index >= 15 is 0 Å². The maximum atomic E-state index is 11.0. The van der Waals surface area contributed by atoms with Crippen molar-refractivity contribution in [3.05, 3.63) is 105 Å². The van der Waals surface area contributed by atoms with Crippen molar-refractivity contribution in [2.24, 2.45) is 56.4 Å². The van der Waals surface area contributed by atoms with Gasteiger partial charge >= 0.3 is 0 Å². The number of aromatic amines is 2. The molecule has 0 amide bonds. The average molecular weight is 1810 g/mol. The summed E-state index contributed by atoms with van der Waals surface area (Å²) in [6.45, 7) is 25.7. The van der Waals surface area contributed by atoms with Gasteiger partial charge in [-0.25, -0.2) is 29.9 Å². The summed E-state index contributed by atoms with van der Waals surface area (Å²) in [5, 5.41) is 43.3. The summed E-state index contributed by atoms with van der Waals surface area (Å²) in [4.78, 5) is 64.0. The highest BCUT2D eigenvalue weighted by Crippen LogP contribution is 2.24. The molecule has 0 aliphatic heterocycles. The molecule has 0 fully saturated rings. The zero-order valence-corrected chi connectivity index (χ0v) is 70.7. The number of alkyl halides is 5. The van der Waals surface area contributed by atoms with Crippen molar-refractivity contribution >= 4 is 175 Å². The van der Waals surface area contributed by atoms with Crippen LogP contribution in [0.5, 0.6) is 0 Å². The number of nitrogens with zero attached hydrogens (tertiary/aromatic N) is 14. The van der Waals surface area contributed by atoms with Gasteiger partial charge in [-0.05, 0) is 75.1 Å². The summed E-state index contributed by atoms with van der Waals surface area (Å²) in [5.41, 5.74) is 5.31. The summed E-state index contributed by atoms with van der Waals surface area (Å²) in [6, 6.07) is 0. The fourth-order valence-corrected chi connectivity index (χ4v) is 11.8. The van der Waals surface area contributed by atoms with E-state index in [2.05, 4.69) is 83.5 Å². The Balaban J connectivity index is -0.0000000837. The third-order valence-electron chi connectivity index (χ3n) is 11.9. The Morgan fingerprint density at radius 1 is 0.421 bits per heavy atom. The molecule has 8 rings (SSSR count). The minimum Gasteiger partial charge on any atom is -0.387 e. The third-order valence-corrected chi connectivity index (χ3v) is 18.5. The normalized spacial score (nSPS) is 10.2. The van der Waals surface area contributed by atoms with E-state index in [4.69, 9.17) is 75.9 Å². The Morgan fingerprint density at radius 2 is 0.645 bits per heavy atom. The molecule has 4 unspecified atom stereocenters. The van der Waals surface area contributed by atoms with Crippen LogP contribution in [-0.4, -0.2) is 158 Å². The van der Waals surface area contributed by atoms with Crippen LogP contribution in [0.15, 0.2) is 86.7 Å².